The van der Waals surface area contributed by atoms with Gasteiger partial charge in [0.2, 0.25) is 0 Å². The molecule has 0 spiro atoms. The van der Waals surface area contributed by atoms with E-state index in [2.05, 4.69) is 27.3 Å². The topological polar surface area (TPSA) is 58.4 Å². The molecule has 0 bridgehead atoms. The summed E-state index contributed by atoms with van der Waals surface area (Å²) in [4.78, 5) is 18.8. The van der Waals surface area contributed by atoms with Crippen molar-refractivity contribution in [3.8, 4) is 11.3 Å². The van der Waals surface area contributed by atoms with Gasteiger partial charge in [-0.1, -0.05) is 42.5 Å². The standard InChI is InChI=1S/C21H23N3O2/c1-16-9-6-7-12-18(16)20-19(23-15-26-20)21(25)22-13-8-14-24(2)17-10-4-3-5-11-17/h3-7,9-12,15H,8,13-14H2,1-2H3,(H,22,25). The number of carbonyl (C=O) groups excluding carboxylic acids is 1. The first-order valence-corrected chi connectivity index (χ1v) is 8.70. The Morgan fingerprint density at radius 2 is 1.85 bits per heavy atom. The van der Waals surface area contributed by atoms with Gasteiger partial charge >= 0.3 is 0 Å². The van der Waals surface area contributed by atoms with Crippen molar-refractivity contribution >= 4 is 11.6 Å². The third-order valence-corrected chi connectivity index (χ3v) is 4.33. The molecule has 1 aromatic heterocycles. The second kappa shape index (κ2) is 8.34. The molecule has 0 atom stereocenters. The minimum absolute atomic E-state index is 0.209. The number of nitrogens with zero attached hydrogens (tertiary/aromatic N) is 2. The summed E-state index contributed by atoms with van der Waals surface area (Å²) in [7, 11) is 2.05. The zero-order valence-corrected chi connectivity index (χ0v) is 15.1. The first-order valence-electron chi connectivity index (χ1n) is 8.70. The molecular formula is C21H23N3O2. The second-order valence-corrected chi connectivity index (χ2v) is 6.21. The lowest BCUT2D eigenvalue weighted by atomic mass is 10.1. The van der Waals surface area contributed by atoms with E-state index in [9.17, 15) is 4.79 Å². The van der Waals surface area contributed by atoms with Crippen LogP contribution >= 0.6 is 0 Å². The van der Waals surface area contributed by atoms with Crippen molar-refractivity contribution in [3.63, 3.8) is 0 Å². The highest BCUT2D eigenvalue weighted by atomic mass is 16.3. The van der Waals surface area contributed by atoms with Crippen molar-refractivity contribution in [1.82, 2.24) is 10.3 Å². The summed E-state index contributed by atoms with van der Waals surface area (Å²) in [5, 5.41) is 2.93. The zero-order chi connectivity index (χ0) is 18.4. The molecule has 0 aliphatic heterocycles. The summed E-state index contributed by atoms with van der Waals surface area (Å²) in [6.45, 7) is 3.42. The summed E-state index contributed by atoms with van der Waals surface area (Å²) in [6.07, 6.45) is 2.16. The number of rotatable bonds is 7. The fourth-order valence-corrected chi connectivity index (χ4v) is 2.84. The Balaban J connectivity index is 1.55. The Morgan fingerprint density at radius 3 is 2.62 bits per heavy atom. The third-order valence-electron chi connectivity index (χ3n) is 4.33. The van der Waals surface area contributed by atoms with Gasteiger partial charge in [-0.2, -0.15) is 0 Å². The fourth-order valence-electron chi connectivity index (χ4n) is 2.84. The minimum atomic E-state index is -0.209. The van der Waals surface area contributed by atoms with Gasteiger partial charge in [0.05, 0.1) is 0 Å². The SMILES string of the molecule is Cc1ccccc1-c1ocnc1C(=O)NCCCN(C)c1ccccc1. The minimum Gasteiger partial charge on any atom is -0.443 e. The molecule has 0 aliphatic carbocycles. The van der Waals surface area contributed by atoms with E-state index in [1.54, 1.807) is 0 Å². The molecule has 3 rings (SSSR count). The molecule has 0 unspecified atom stereocenters. The van der Waals surface area contributed by atoms with Crippen molar-refractivity contribution in [3.05, 3.63) is 72.2 Å². The monoisotopic (exact) mass is 349 g/mol. The van der Waals surface area contributed by atoms with E-state index in [0.29, 0.717) is 18.0 Å². The highest BCUT2D eigenvalue weighted by molar-refractivity contribution is 5.97. The second-order valence-electron chi connectivity index (χ2n) is 6.21. The van der Waals surface area contributed by atoms with Crippen molar-refractivity contribution in [2.75, 3.05) is 25.0 Å². The third kappa shape index (κ3) is 4.11. The van der Waals surface area contributed by atoms with E-state index >= 15 is 0 Å². The number of hydrogen-bond donors (Lipinski definition) is 1. The van der Waals surface area contributed by atoms with Crippen LogP contribution in [-0.2, 0) is 0 Å². The average molecular weight is 349 g/mol. The lowest BCUT2D eigenvalue weighted by molar-refractivity contribution is 0.0949. The molecule has 3 aromatic rings. The summed E-state index contributed by atoms with van der Waals surface area (Å²) >= 11 is 0. The van der Waals surface area contributed by atoms with Crippen LogP contribution in [0, 0.1) is 6.92 Å². The van der Waals surface area contributed by atoms with E-state index in [1.165, 1.54) is 6.39 Å². The van der Waals surface area contributed by atoms with Gasteiger partial charge in [0.1, 0.15) is 0 Å². The van der Waals surface area contributed by atoms with Crippen molar-refractivity contribution in [2.45, 2.75) is 13.3 Å². The number of anilines is 1. The maximum absolute atomic E-state index is 12.5. The number of para-hydroxylation sites is 1. The highest BCUT2D eigenvalue weighted by Gasteiger charge is 2.19. The Morgan fingerprint density at radius 1 is 1.12 bits per heavy atom. The number of hydrogen-bond acceptors (Lipinski definition) is 4. The Labute approximate surface area is 153 Å². The Kier molecular flexibility index (Phi) is 5.69. The molecule has 0 saturated carbocycles. The van der Waals surface area contributed by atoms with Gasteiger partial charge in [-0.25, -0.2) is 4.98 Å². The van der Waals surface area contributed by atoms with Crippen molar-refractivity contribution in [2.24, 2.45) is 0 Å². The smallest absolute Gasteiger partial charge is 0.273 e. The van der Waals surface area contributed by atoms with Gasteiger partial charge in [-0.05, 0) is 31.0 Å². The number of benzene rings is 2. The molecule has 134 valence electrons. The number of nitrogens with one attached hydrogen (secondary N) is 1. The molecule has 0 aliphatic rings. The van der Waals surface area contributed by atoms with E-state index < -0.39 is 0 Å². The molecule has 26 heavy (non-hydrogen) atoms. The molecule has 1 N–H and O–H groups in total. The summed E-state index contributed by atoms with van der Waals surface area (Å²) in [6, 6.07) is 18.0. The molecule has 5 heteroatoms. The molecule has 0 fully saturated rings. The average Bonchev–Trinajstić information content (AvgIpc) is 3.15. The van der Waals surface area contributed by atoms with E-state index in [0.717, 1.165) is 29.8 Å². The van der Waals surface area contributed by atoms with Crippen LogP contribution in [0.4, 0.5) is 5.69 Å². The van der Waals surface area contributed by atoms with Crippen molar-refractivity contribution < 1.29 is 9.21 Å². The summed E-state index contributed by atoms with van der Waals surface area (Å²) < 4.78 is 5.47. The van der Waals surface area contributed by atoms with Crippen LogP contribution < -0.4 is 10.2 Å². The first kappa shape index (κ1) is 17.7. The maximum atomic E-state index is 12.5. The molecule has 5 nitrogen and oxygen atoms in total. The number of carbonyl (C=O) groups is 1. The lowest BCUT2D eigenvalue weighted by Gasteiger charge is -2.19. The molecule has 0 radical (unpaired) electrons. The van der Waals surface area contributed by atoms with Gasteiger partial charge in [-0.15, -0.1) is 0 Å². The van der Waals surface area contributed by atoms with Crippen LogP contribution in [0.3, 0.4) is 0 Å². The molecule has 2 aromatic carbocycles. The van der Waals surface area contributed by atoms with Gasteiger partial charge in [0.15, 0.2) is 17.8 Å². The lowest BCUT2D eigenvalue weighted by Crippen LogP contribution is -2.28. The molecule has 1 amide bonds. The summed E-state index contributed by atoms with van der Waals surface area (Å²) in [5.74, 6) is 0.307. The fraction of sp³-hybridized carbons (Fsp3) is 0.238. The summed E-state index contributed by atoms with van der Waals surface area (Å²) in [5.41, 5.74) is 3.43. The maximum Gasteiger partial charge on any atom is 0.273 e. The van der Waals surface area contributed by atoms with Gasteiger partial charge in [0.25, 0.3) is 5.91 Å². The molecular weight excluding hydrogens is 326 g/mol. The normalized spacial score (nSPS) is 10.5. The highest BCUT2D eigenvalue weighted by Crippen LogP contribution is 2.26. The van der Waals surface area contributed by atoms with Crippen LogP contribution in [0.25, 0.3) is 11.3 Å². The van der Waals surface area contributed by atoms with Gasteiger partial charge < -0.3 is 14.6 Å². The van der Waals surface area contributed by atoms with E-state index in [1.807, 2.05) is 56.4 Å². The largest absolute Gasteiger partial charge is 0.443 e. The van der Waals surface area contributed by atoms with Crippen molar-refractivity contribution in [1.29, 1.82) is 0 Å². The quantitative estimate of drug-likeness (QED) is 0.657. The van der Waals surface area contributed by atoms with Crippen LogP contribution in [0.1, 0.15) is 22.5 Å². The Bertz CT molecular complexity index is 858. The first-order chi connectivity index (χ1) is 12.7. The van der Waals surface area contributed by atoms with E-state index in [4.69, 9.17) is 4.42 Å². The number of aromatic nitrogens is 1. The molecule has 1 heterocycles. The van der Waals surface area contributed by atoms with Gasteiger partial charge in [0, 0.05) is 31.4 Å². The Hall–Kier alpha value is -3.08. The number of aryl methyl sites for hydroxylation is 1. The number of oxazole rings is 1. The predicted octanol–water partition coefficient (Wildman–Crippen LogP) is 3.91. The van der Waals surface area contributed by atoms with Crippen LogP contribution in [0.2, 0.25) is 0 Å². The van der Waals surface area contributed by atoms with E-state index in [-0.39, 0.29) is 5.91 Å². The van der Waals surface area contributed by atoms with Crippen LogP contribution in [0.5, 0.6) is 0 Å². The van der Waals surface area contributed by atoms with Gasteiger partial charge in [-0.3, -0.25) is 4.79 Å². The van der Waals surface area contributed by atoms with Crippen LogP contribution in [0.15, 0.2) is 65.4 Å². The molecule has 0 saturated heterocycles. The predicted molar refractivity (Wildman–Crippen MR) is 103 cm³/mol. The zero-order valence-electron chi connectivity index (χ0n) is 15.1. The van der Waals surface area contributed by atoms with Crippen LogP contribution in [-0.4, -0.2) is 31.0 Å². The number of amides is 1.